The Labute approximate surface area is 107 Å². The SMILES string of the molecule is O=C(c1cccnc1)N1CCC2(CCCN2)CC1. The first-order valence-electron chi connectivity index (χ1n) is 6.73. The lowest BCUT2D eigenvalue weighted by atomic mass is 9.86. The van der Waals surface area contributed by atoms with Crippen LogP contribution in [0.5, 0.6) is 0 Å². The smallest absolute Gasteiger partial charge is 0.255 e. The zero-order valence-electron chi connectivity index (χ0n) is 10.6. The Hall–Kier alpha value is -1.42. The molecule has 3 heterocycles. The minimum atomic E-state index is 0.121. The van der Waals surface area contributed by atoms with Gasteiger partial charge in [0.2, 0.25) is 0 Å². The highest BCUT2D eigenvalue weighted by Crippen LogP contribution is 2.31. The molecule has 2 aliphatic rings. The van der Waals surface area contributed by atoms with Gasteiger partial charge in [0.1, 0.15) is 0 Å². The number of carbonyl (C=O) groups is 1. The largest absolute Gasteiger partial charge is 0.338 e. The molecule has 1 amide bonds. The Morgan fingerprint density at radius 2 is 2.17 bits per heavy atom. The number of rotatable bonds is 1. The van der Waals surface area contributed by atoms with Crippen molar-refractivity contribution in [3.8, 4) is 0 Å². The monoisotopic (exact) mass is 245 g/mol. The molecule has 1 aromatic rings. The van der Waals surface area contributed by atoms with Crippen LogP contribution in [0.4, 0.5) is 0 Å². The Kier molecular flexibility index (Phi) is 3.04. The molecule has 1 spiro atoms. The Morgan fingerprint density at radius 1 is 1.33 bits per heavy atom. The van der Waals surface area contributed by atoms with Crippen LogP contribution in [0, 0.1) is 0 Å². The lowest BCUT2D eigenvalue weighted by Gasteiger charge is -2.39. The van der Waals surface area contributed by atoms with Gasteiger partial charge in [-0.05, 0) is 44.4 Å². The molecular formula is C14H19N3O. The minimum Gasteiger partial charge on any atom is -0.338 e. The van der Waals surface area contributed by atoms with Gasteiger partial charge in [0, 0.05) is 31.0 Å². The van der Waals surface area contributed by atoms with Gasteiger partial charge in [0.25, 0.3) is 5.91 Å². The average Bonchev–Trinajstić information content (AvgIpc) is 2.88. The summed E-state index contributed by atoms with van der Waals surface area (Å²) in [5, 5.41) is 3.62. The van der Waals surface area contributed by atoms with Gasteiger partial charge in [0.05, 0.1) is 5.56 Å². The fraction of sp³-hybridized carbons (Fsp3) is 0.571. The van der Waals surface area contributed by atoms with E-state index in [4.69, 9.17) is 0 Å². The lowest BCUT2D eigenvalue weighted by molar-refractivity contribution is 0.0656. The van der Waals surface area contributed by atoms with Crippen LogP contribution < -0.4 is 5.32 Å². The predicted molar refractivity (Wildman–Crippen MR) is 69.3 cm³/mol. The summed E-state index contributed by atoms with van der Waals surface area (Å²) in [4.78, 5) is 18.2. The van der Waals surface area contributed by atoms with Gasteiger partial charge in [-0.2, -0.15) is 0 Å². The molecular weight excluding hydrogens is 226 g/mol. The number of aromatic nitrogens is 1. The molecule has 0 atom stereocenters. The molecule has 4 heteroatoms. The predicted octanol–water partition coefficient (Wildman–Crippen LogP) is 1.44. The van der Waals surface area contributed by atoms with E-state index in [9.17, 15) is 4.79 Å². The van der Waals surface area contributed by atoms with E-state index in [1.165, 1.54) is 12.8 Å². The summed E-state index contributed by atoms with van der Waals surface area (Å²) in [5.74, 6) is 0.121. The van der Waals surface area contributed by atoms with Crippen LogP contribution in [0.15, 0.2) is 24.5 Å². The summed E-state index contributed by atoms with van der Waals surface area (Å²) < 4.78 is 0. The highest BCUT2D eigenvalue weighted by atomic mass is 16.2. The first-order chi connectivity index (χ1) is 8.79. The van der Waals surface area contributed by atoms with E-state index in [0.717, 1.165) is 32.5 Å². The Balaban J connectivity index is 1.64. The molecule has 0 aromatic carbocycles. The first-order valence-corrected chi connectivity index (χ1v) is 6.73. The highest BCUT2D eigenvalue weighted by molar-refractivity contribution is 5.93. The molecule has 0 saturated carbocycles. The molecule has 1 aromatic heterocycles. The van der Waals surface area contributed by atoms with Crippen molar-refractivity contribution in [2.24, 2.45) is 0 Å². The van der Waals surface area contributed by atoms with Crippen LogP contribution in [0.25, 0.3) is 0 Å². The van der Waals surface area contributed by atoms with Crippen LogP contribution in [0.2, 0.25) is 0 Å². The molecule has 0 aliphatic carbocycles. The van der Waals surface area contributed by atoms with E-state index in [1.807, 2.05) is 17.0 Å². The number of hydrogen-bond donors (Lipinski definition) is 1. The standard InChI is InChI=1S/C14H19N3O/c18-13(12-3-1-7-15-11-12)17-9-5-14(6-10-17)4-2-8-16-14/h1,3,7,11,16H,2,4-6,8-10H2. The van der Waals surface area contributed by atoms with E-state index in [1.54, 1.807) is 12.4 Å². The topological polar surface area (TPSA) is 45.2 Å². The number of piperidine rings is 1. The van der Waals surface area contributed by atoms with Gasteiger partial charge in [-0.15, -0.1) is 0 Å². The zero-order valence-corrected chi connectivity index (χ0v) is 10.6. The lowest BCUT2D eigenvalue weighted by Crippen LogP contribution is -2.51. The maximum Gasteiger partial charge on any atom is 0.255 e. The Morgan fingerprint density at radius 3 is 2.78 bits per heavy atom. The van der Waals surface area contributed by atoms with Crippen molar-refractivity contribution in [1.82, 2.24) is 15.2 Å². The molecule has 0 radical (unpaired) electrons. The third kappa shape index (κ3) is 2.12. The number of hydrogen-bond acceptors (Lipinski definition) is 3. The van der Waals surface area contributed by atoms with E-state index in [2.05, 4.69) is 10.3 Å². The summed E-state index contributed by atoms with van der Waals surface area (Å²) in [6.45, 7) is 2.86. The number of likely N-dealkylation sites (tertiary alicyclic amines) is 1. The second kappa shape index (κ2) is 4.69. The Bertz CT molecular complexity index is 416. The van der Waals surface area contributed by atoms with Gasteiger partial charge < -0.3 is 10.2 Å². The second-order valence-corrected chi connectivity index (χ2v) is 5.34. The molecule has 4 nitrogen and oxygen atoms in total. The van der Waals surface area contributed by atoms with Crippen molar-refractivity contribution in [3.63, 3.8) is 0 Å². The summed E-state index contributed by atoms with van der Waals surface area (Å²) in [6, 6.07) is 3.66. The molecule has 3 rings (SSSR count). The van der Waals surface area contributed by atoms with Crippen molar-refractivity contribution in [3.05, 3.63) is 30.1 Å². The first kappa shape index (κ1) is 11.7. The van der Waals surface area contributed by atoms with E-state index in [-0.39, 0.29) is 5.91 Å². The summed E-state index contributed by atoms with van der Waals surface area (Å²) >= 11 is 0. The number of pyridine rings is 1. The van der Waals surface area contributed by atoms with Crippen molar-refractivity contribution < 1.29 is 4.79 Å². The fourth-order valence-electron chi connectivity index (χ4n) is 3.11. The van der Waals surface area contributed by atoms with Gasteiger partial charge in [-0.1, -0.05) is 0 Å². The third-order valence-corrected chi connectivity index (χ3v) is 4.25. The van der Waals surface area contributed by atoms with Crippen LogP contribution >= 0.6 is 0 Å². The van der Waals surface area contributed by atoms with Crippen molar-refractivity contribution in [2.75, 3.05) is 19.6 Å². The molecule has 2 aliphatic heterocycles. The zero-order chi connectivity index (χ0) is 12.4. The number of nitrogens with one attached hydrogen (secondary N) is 1. The molecule has 2 saturated heterocycles. The number of amides is 1. The molecule has 0 bridgehead atoms. The van der Waals surface area contributed by atoms with E-state index in [0.29, 0.717) is 11.1 Å². The summed E-state index contributed by atoms with van der Waals surface area (Å²) in [7, 11) is 0. The summed E-state index contributed by atoms with van der Waals surface area (Å²) in [5.41, 5.74) is 1.03. The maximum atomic E-state index is 12.3. The summed E-state index contributed by atoms with van der Waals surface area (Å²) in [6.07, 6.45) is 8.06. The molecule has 2 fully saturated rings. The number of carbonyl (C=O) groups excluding carboxylic acids is 1. The minimum absolute atomic E-state index is 0.121. The van der Waals surface area contributed by atoms with E-state index < -0.39 is 0 Å². The fourth-order valence-corrected chi connectivity index (χ4v) is 3.11. The molecule has 96 valence electrons. The quantitative estimate of drug-likeness (QED) is 0.814. The molecule has 1 N–H and O–H groups in total. The second-order valence-electron chi connectivity index (χ2n) is 5.34. The van der Waals surface area contributed by atoms with Crippen molar-refractivity contribution >= 4 is 5.91 Å². The van der Waals surface area contributed by atoms with Crippen molar-refractivity contribution in [1.29, 1.82) is 0 Å². The van der Waals surface area contributed by atoms with Crippen molar-refractivity contribution in [2.45, 2.75) is 31.2 Å². The van der Waals surface area contributed by atoms with Gasteiger partial charge in [0.15, 0.2) is 0 Å². The van der Waals surface area contributed by atoms with Crippen LogP contribution in [0.1, 0.15) is 36.0 Å². The normalized spacial score (nSPS) is 22.3. The molecule has 0 unspecified atom stereocenters. The van der Waals surface area contributed by atoms with Crippen LogP contribution in [0.3, 0.4) is 0 Å². The van der Waals surface area contributed by atoms with Gasteiger partial charge >= 0.3 is 0 Å². The molecule has 18 heavy (non-hydrogen) atoms. The highest BCUT2D eigenvalue weighted by Gasteiger charge is 2.37. The van der Waals surface area contributed by atoms with Gasteiger partial charge in [-0.3, -0.25) is 9.78 Å². The van der Waals surface area contributed by atoms with E-state index >= 15 is 0 Å². The number of nitrogens with zero attached hydrogens (tertiary/aromatic N) is 2. The maximum absolute atomic E-state index is 12.3. The average molecular weight is 245 g/mol. The van der Waals surface area contributed by atoms with Crippen LogP contribution in [-0.4, -0.2) is 41.0 Å². The third-order valence-electron chi connectivity index (χ3n) is 4.25. The van der Waals surface area contributed by atoms with Gasteiger partial charge in [-0.25, -0.2) is 0 Å². The van der Waals surface area contributed by atoms with Crippen LogP contribution in [-0.2, 0) is 0 Å².